The molecule has 0 spiro atoms. The van der Waals surface area contributed by atoms with Crippen molar-refractivity contribution in [3.63, 3.8) is 0 Å². The lowest BCUT2D eigenvalue weighted by atomic mass is 9.83. The number of benzene rings is 1. The van der Waals surface area contributed by atoms with Gasteiger partial charge in [-0.1, -0.05) is 62.8 Å². The fourth-order valence-corrected chi connectivity index (χ4v) is 7.26. The second kappa shape index (κ2) is 20.5. The summed E-state index contributed by atoms with van der Waals surface area (Å²) in [6.07, 6.45) is 6.90. The average Bonchev–Trinajstić information content (AvgIpc) is 3.60. The summed E-state index contributed by atoms with van der Waals surface area (Å²) in [5, 5.41) is 2.95. The Hall–Kier alpha value is -4.34. The van der Waals surface area contributed by atoms with E-state index in [-0.39, 0.29) is 47.7 Å². The van der Waals surface area contributed by atoms with E-state index in [0.717, 1.165) is 5.56 Å². The number of hydrogen-bond acceptors (Lipinski definition) is 8. The molecule has 0 aromatic heterocycles. The number of alkyl carbamates (subject to hydrolysis) is 1. The van der Waals surface area contributed by atoms with Crippen LogP contribution in [0.5, 0.6) is 0 Å². The number of nitrogens with one attached hydrogen (secondary N) is 1. The maximum atomic E-state index is 14.4. The van der Waals surface area contributed by atoms with Gasteiger partial charge in [0, 0.05) is 35.3 Å². The number of carbonyl (C=O) groups is 6. The molecule has 1 heterocycles. The van der Waals surface area contributed by atoms with E-state index in [1.807, 2.05) is 42.5 Å². The first kappa shape index (κ1) is 45.1. The molecule has 10 nitrogen and oxygen atoms in total. The predicted octanol–water partition coefficient (Wildman–Crippen LogP) is 8.22. The van der Waals surface area contributed by atoms with E-state index in [0.29, 0.717) is 80.2 Å². The molecule has 1 N–H and O–H groups in total. The summed E-state index contributed by atoms with van der Waals surface area (Å²) < 4.78 is 11.1. The van der Waals surface area contributed by atoms with Crippen LogP contribution in [0.25, 0.3) is 0 Å². The molecule has 10 heteroatoms. The Morgan fingerprint density at radius 3 is 2.18 bits per heavy atom. The zero-order valence-electron chi connectivity index (χ0n) is 34.8. The van der Waals surface area contributed by atoms with Gasteiger partial charge >= 0.3 is 12.1 Å². The molecule has 1 fully saturated rings. The van der Waals surface area contributed by atoms with Crippen molar-refractivity contribution in [3.8, 4) is 0 Å². The summed E-state index contributed by atoms with van der Waals surface area (Å²) in [6.45, 7) is 18.5. The number of amides is 2. The highest BCUT2D eigenvalue weighted by Gasteiger charge is 2.38. The van der Waals surface area contributed by atoms with Crippen molar-refractivity contribution in [2.75, 3.05) is 6.54 Å². The third-order valence-electron chi connectivity index (χ3n) is 10.2. The lowest BCUT2D eigenvalue weighted by molar-refractivity contribution is -0.154. The van der Waals surface area contributed by atoms with Crippen molar-refractivity contribution in [2.45, 2.75) is 151 Å². The number of carbonyl (C=O) groups excluding carboxylic acids is 6. The number of rotatable bonds is 18. The second-order valence-electron chi connectivity index (χ2n) is 16.9. The molecule has 4 atom stereocenters. The van der Waals surface area contributed by atoms with E-state index in [1.54, 1.807) is 60.3 Å². The zero-order valence-corrected chi connectivity index (χ0v) is 34.8. The molecule has 2 aliphatic rings. The number of nitrogens with zero attached hydrogens (tertiary/aromatic N) is 1. The zero-order chi connectivity index (χ0) is 41.0. The lowest BCUT2D eigenvalue weighted by Crippen LogP contribution is -2.44. The monoisotopic (exact) mass is 760 g/mol. The summed E-state index contributed by atoms with van der Waals surface area (Å²) in [6, 6.07) is 8.67. The molecule has 0 unspecified atom stereocenters. The standard InChI is InChI=1S/C45H64N2O8/c1-28(2)25-36(46-44(53)55-45(8,9)10)23-22-34(26-33-17-12-11-13-18-33)42(51)47-24-16-21-38(47)39(48)27-35(43(52)54-29(3)4)19-14-15-20-37-32(7)40(49)30(5)31(6)41(37)50/h11-13,17-18,22-23,28-29,34-36,38H,14-16,19-21,24-27H2,1-10H3,(H,46,53)/b23-22+/t34-,35-,36-,38+/m1/s1. The Balaban J connectivity index is 1.78. The Morgan fingerprint density at radius 2 is 1.56 bits per heavy atom. The van der Waals surface area contributed by atoms with E-state index >= 15 is 0 Å². The number of unbranched alkanes of at least 4 members (excludes halogenated alkanes) is 1. The van der Waals surface area contributed by atoms with Gasteiger partial charge in [-0.05, 0) is 112 Å². The minimum absolute atomic E-state index is 0.0599. The molecular formula is C45H64N2O8. The number of Topliss-reactive ketones (excluding diaryl/α,β-unsaturated/α-hetero) is 3. The molecule has 1 aliphatic heterocycles. The Kier molecular flexibility index (Phi) is 16.8. The van der Waals surface area contributed by atoms with Crippen molar-refractivity contribution < 1.29 is 38.2 Å². The van der Waals surface area contributed by atoms with Crippen LogP contribution in [0, 0.1) is 17.8 Å². The summed E-state index contributed by atoms with van der Waals surface area (Å²) >= 11 is 0. The van der Waals surface area contributed by atoms with E-state index < -0.39 is 35.5 Å². The van der Waals surface area contributed by atoms with Crippen LogP contribution in [-0.2, 0) is 39.9 Å². The van der Waals surface area contributed by atoms with Gasteiger partial charge in [0.1, 0.15) is 5.60 Å². The van der Waals surface area contributed by atoms with Crippen LogP contribution in [0.4, 0.5) is 4.79 Å². The number of ketones is 3. The van der Waals surface area contributed by atoms with Gasteiger partial charge in [-0.15, -0.1) is 0 Å². The summed E-state index contributed by atoms with van der Waals surface area (Å²) in [7, 11) is 0. The van der Waals surface area contributed by atoms with Gasteiger partial charge in [0.15, 0.2) is 17.3 Å². The predicted molar refractivity (Wildman–Crippen MR) is 214 cm³/mol. The molecule has 0 bridgehead atoms. The van der Waals surface area contributed by atoms with Crippen molar-refractivity contribution in [1.29, 1.82) is 0 Å². The van der Waals surface area contributed by atoms with Crippen molar-refractivity contribution in [1.82, 2.24) is 10.2 Å². The summed E-state index contributed by atoms with van der Waals surface area (Å²) in [5.74, 6) is -2.06. The third-order valence-corrected chi connectivity index (χ3v) is 10.2. The van der Waals surface area contributed by atoms with Crippen LogP contribution >= 0.6 is 0 Å². The molecule has 0 radical (unpaired) electrons. The van der Waals surface area contributed by atoms with Crippen LogP contribution in [0.1, 0.15) is 126 Å². The van der Waals surface area contributed by atoms with Gasteiger partial charge in [0.25, 0.3) is 0 Å². The lowest BCUT2D eigenvalue weighted by Gasteiger charge is -2.29. The van der Waals surface area contributed by atoms with Crippen LogP contribution in [0.2, 0.25) is 0 Å². The topological polar surface area (TPSA) is 136 Å². The Morgan fingerprint density at radius 1 is 0.909 bits per heavy atom. The van der Waals surface area contributed by atoms with Crippen molar-refractivity contribution >= 4 is 35.3 Å². The molecule has 3 rings (SSSR count). The number of ether oxygens (including phenoxy) is 2. The van der Waals surface area contributed by atoms with Crippen LogP contribution in [0.15, 0.2) is 64.8 Å². The smallest absolute Gasteiger partial charge is 0.408 e. The van der Waals surface area contributed by atoms with Crippen LogP contribution in [0.3, 0.4) is 0 Å². The summed E-state index contributed by atoms with van der Waals surface area (Å²) in [5.41, 5.74) is 2.25. The quantitative estimate of drug-likeness (QED) is 0.0685. The number of hydrogen-bond donors (Lipinski definition) is 1. The van der Waals surface area contributed by atoms with E-state index in [2.05, 4.69) is 19.2 Å². The van der Waals surface area contributed by atoms with Gasteiger partial charge in [-0.25, -0.2) is 4.79 Å². The minimum Gasteiger partial charge on any atom is -0.463 e. The normalized spacial score (nSPS) is 18.3. The first-order valence-electron chi connectivity index (χ1n) is 20.0. The highest BCUT2D eigenvalue weighted by atomic mass is 16.6. The molecule has 55 heavy (non-hydrogen) atoms. The van der Waals surface area contributed by atoms with Gasteiger partial charge < -0.3 is 19.7 Å². The van der Waals surface area contributed by atoms with E-state index in [4.69, 9.17) is 9.47 Å². The fourth-order valence-electron chi connectivity index (χ4n) is 7.26. The van der Waals surface area contributed by atoms with Gasteiger partial charge in [0.05, 0.1) is 30.0 Å². The number of allylic oxidation sites excluding steroid dienone is 4. The minimum atomic E-state index is -0.703. The maximum Gasteiger partial charge on any atom is 0.408 e. The van der Waals surface area contributed by atoms with E-state index in [1.165, 1.54) is 0 Å². The molecule has 1 aromatic rings. The Bertz CT molecular complexity index is 1650. The third kappa shape index (κ3) is 13.7. The van der Waals surface area contributed by atoms with Gasteiger partial charge in [-0.2, -0.15) is 0 Å². The fraction of sp³-hybridized carbons (Fsp3) is 0.600. The maximum absolute atomic E-state index is 14.4. The van der Waals surface area contributed by atoms with Gasteiger partial charge in [-0.3, -0.25) is 24.0 Å². The average molecular weight is 761 g/mol. The highest BCUT2D eigenvalue weighted by molar-refractivity contribution is 6.24. The highest BCUT2D eigenvalue weighted by Crippen LogP contribution is 2.30. The molecule has 0 saturated carbocycles. The number of likely N-dealkylation sites (tertiary alicyclic amines) is 1. The first-order valence-corrected chi connectivity index (χ1v) is 20.0. The van der Waals surface area contributed by atoms with Crippen LogP contribution < -0.4 is 5.32 Å². The summed E-state index contributed by atoms with van der Waals surface area (Å²) in [4.78, 5) is 81.8. The Labute approximate surface area is 328 Å². The largest absolute Gasteiger partial charge is 0.463 e. The molecular weight excluding hydrogens is 697 g/mol. The molecule has 302 valence electrons. The van der Waals surface area contributed by atoms with Crippen LogP contribution in [-0.4, -0.2) is 70.6 Å². The molecule has 2 amide bonds. The van der Waals surface area contributed by atoms with E-state index in [9.17, 15) is 28.8 Å². The molecule has 1 aromatic carbocycles. The van der Waals surface area contributed by atoms with Crippen molar-refractivity contribution in [3.05, 3.63) is 70.3 Å². The number of esters is 1. The SMILES string of the molecule is CC1=C(C)C(=O)C(CCCC[C@H](CC(=O)[C@@H]2CCCN2C(=O)[C@H](/C=C/[C@H](CC(C)C)NC(=O)OC(C)(C)C)Cc2ccccc2)C(=O)OC(C)C)=C(C)C1=O. The van der Waals surface area contributed by atoms with Gasteiger partial charge in [0.2, 0.25) is 5.91 Å². The molecule has 1 saturated heterocycles. The molecule has 1 aliphatic carbocycles. The van der Waals surface area contributed by atoms with Crippen molar-refractivity contribution in [2.24, 2.45) is 17.8 Å². The second-order valence-corrected chi connectivity index (χ2v) is 16.9. The first-order chi connectivity index (χ1) is 25.8.